The number of aryl methyl sites for hydroxylation is 3. The minimum absolute atomic E-state index is 0.0202. The molecule has 4 rings (SSSR count). The maximum atomic E-state index is 13.4. The van der Waals surface area contributed by atoms with Crippen molar-refractivity contribution in [2.45, 2.75) is 44.8 Å². The van der Waals surface area contributed by atoms with Crippen molar-refractivity contribution in [2.24, 2.45) is 0 Å². The third-order valence-corrected chi connectivity index (χ3v) is 6.68. The first-order valence-corrected chi connectivity index (χ1v) is 11.1. The van der Waals surface area contributed by atoms with Gasteiger partial charge in [0.15, 0.2) is 10.7 Å². The summed E-state index contributed by atoms with van der Waals surface area (Å²) in [5.41, 5.74) is 4.59. The van der Waals surface area contributed by atoms with Gasteiger partial charge in [0.25, 0.3) is 5.56 Å². The molecule has 0 amide bonds. The van der Waals surface area contributed by atoms with E-state index in [0.29, 0.717) is 24.1 Å². The van der Waals surface area contributed by atoms with E-state index in [4.69, 9.17) is 4.98 Å². The van der Waals surface area contributed by atoms with Gasteiger partial charge in [0.1, 0.15) is 5.52 Å². The van der Waals surface area contributed by atoms with Gasteiger partial charge in [-0.2, -0.15) is 5.10 Å². The molecular formula is C21H22N4OS2. The molecule has 144 valence electrons. The molecule has 5 nitrogen and oxygen atoms in total. The second-order valence-electron chi connectivity index (χ2n) is 6.68. The van der Waals surface area contributed by atoms with Crippen molar-refractivity contribution in [2.75, 3.05) is 0 Å². The van der Waals surface area contributed by atoms with Crippen LogP contribution in [-0.2, 0) is 18.8 Å². The summed E-state index contributed by atoms with van der Waals surface area (Å²) >= 11 is 3.26. The lowest BCUT2D eigenvalue weighted by Crippen LogP contribution is -2.25. The van der Waals surface area contributed by atoms with Crippen LogP contribution in [0.4, 0.5) is 0 Å². The molecule has 3 aromatic heterocycles. The number of nitrogens with zero attached hydrogens (tertiary/aromatic N) is 4. The van der Waals surface area contributed by atoms with E-state index >= 15 is 0 Å². The number of thioether (sulfide) groups is 1. The van der Waals surface area contributed by atoms with Crippen molar-refractivity contribution in [3.05, 3.63) is 73.8 Å². The fourth-order valence-electron chi connectivity index (χ4n) is 3.24. The van der Waals surface area contributed by atoms with Crippen LogP contribution in [0.25, 0.3) is 11.0 Å². The van der Waals surface area contributed by atoms with E-state index in [1.807, 2.05) is 37.4 Å². The summed E-state index contributed by atoms with van der Waals surface area (Å²) in [6.45, 7) is 7.20. The van der Waals surface area contributed by atoms with Crippen molar-refractivity contribution in [1.29, 1.82) is 0 Å². The Kier molecular flexibility index (Phi) is 5.37. The number of fused-ring (bicyclic) bond motifs is 1. The summed E-state index contributed by atoms with van der Waals surface area (Å²) < 4.78 is 3.56. The molecule has 0 saturated heterocycles. The summed E-state index contributed by atoms with van der Waals surface area (Å²) in [5.74, 6) is 0.774. The largest absolute Gasteiger partial charge is 0.280 e. The highest BCUT2D eigenvalue weighted by Crippen LogP contribution is 2.25. The second kappa shape index (κ2) is 7.93. The quantitative estimate of drug-likeness (QED) is 0.343. The van der Waals surface area contributed by atoms with Gasteiger partial charge in [0.05, 0.1) is 12.2 Å². The standard InChI is InChI=1S/C21H22N4OS2/c1-4-25-19-18(15(3)23-25)22-21(28-13-16-9-6-5-8-14(16)2)24(20(19)26)12-17-10-7-11-27-17/h5-11H,4,12-13H2,1-3H3. The zero-order valence-electron chi connectivity index (χ0n) is 16.2. The molecule has 0 bridgehead atoms. The molecule has 0 N–H and O–H groups in total. The molecule has 0 atom stereocenters. The van der Waals surface area contributed by atoms with E-state index in [-0.39, 0.29) is 5.56 Å². The first-order valence-electron chi connectivity index (χ1n) is 9.26. The summed E-state index contributed by atoms with van der Waals surface area (Å²) in [6.07, 6.45) is 0. The Balaban J connectivity index is 1.82. The number of thiophene rings is 1. The molecule has 1 aromatic carbocycles. The molecule has 0 spiro atoms. The second-order valence-corrected chi connectivity index (χ2v) is 8.65. The lowest BCUT2D eigenvalue weighted by Gasteiger charge is -2.12. The molecule has 3 heterocycles. The van der Waals surface area contributed by atoms with Crippen LogP contribution in [-0.4, -0.2) is 19.3 Å². The molecule has 0 radical (unpaired) electrons. The maximum absolute atomic E-state index is 13.4. The fourth-order valence-corrected chi connectivity index (χ4v) is 5.00. The molecule has 0 aliphatic heterocycles. The molecule has 0 unspecified atom stereocenters. The van der Waals surface area contributed by atoms with Crippen molar-refractivity contribution < 1.29 is 0 Å². The van der Waals surface area contributed by atoms with E-state index < -0.39 is 0 Å². The molecule has 0 aliphatic rings. The van der Waals surface area contributed by atoms with Crippen LogP contribution < -0.4 is 5.56 Å². The molecule has 0 fully saturated rings. The molecule has 7 heteroatoms. The van der Waals surface area contributed by atoms with Gasteiger partial charge in [-0.15, -0.1) is 11.3 Å². The highest BCUT2D eigenvalue weighted by molar-refractivity contribution is 7.98. The van der Waals surface area contributed by atoms with Gasteiger partial charge in [-0.05, 0) is 43.3 Å². The van der Waals surface area contributed by atoms with Gasteiger partial charge in [0.2, 0.25) is 0 Å². The van der Waals surface area contributed by atoms with Crippen LogP contribution in [0.1, 0.15) is 28.6 Å². The zero-order valence-corrected chi connectivity index (χ0v) is 17.8. The van der Waals surface area contributed by atoms with E-state index in [1.165, 1.54) is 11.1 Å². The molecule has 0 aliphatic carbocycles. The van der Waals surface area contributed by atoms with E-state index in [2.05, 4.69) is 30.2 Å². The van der Waals surface area contributed by atoms with Crippen LogP contribution in [0, 0.1) is 13.8 Å². The third kappa shape index (κ3) is 3.52. The van der Waals surface area contributed by atoms with E-state index in [1.54, 1.807) is 32.3 Å². The number of hydrogen-bond acceptors (Lipinski definition) is 5. The number of hydrogen-bond donors (Lipinski definition) is 0. The van der Waals surface area contributed by atoms with Gasteiger partial charge >= 0.3 is 0 Å². The number of rotatable bonds is 6. The van der Waals surface area contributed by atoms with E-state index in [0.717, 1.165) is 21.5 Å². The van der Waals surface area contributed by atoms with Gasteiger partial charge in [-0.1, -0.05) is 42.1 Å². The number of aromatic nitrogens is 4. The molecule has 4 aromatic rings. The number of benzene rings is 1. The maximum Gasteiger partial charge on any atom is 0.280 e. The highest BCUT2D eigenvalue weighted by atomic mass is 32.2. The highest BCUT2D eigenvalue weighted by Gasteiger charge is 2.18. The predicted octanol–water partition coefficient (Wildman–Crippen LogP) is 4.63. The van der Waals surface area contributed by atoms with Crippen LogP contribution in [0.15, 0.2) is 51.7 Å². The normalized spacial score (nSPS) is 11.4. The summed E-state index contributed by atoms with van der Waals surface area (Å²) in [6, 6.07) is 12.4. The smallest absolute Gasteiger partial charge is 0.280 e. The Bertz CT molecular complexity index is 1180. The Hall–Kier alpha value is -2.38. The van der Waals surface area contributed by atoms with Gasteiger partial charge in [-0.3, -0.25) is 14.0 Å². The minimum atomic E-state index is -0.0202. The molecule has 0 saturated carbocycles. The third-order valence-electron chi connectivity index (χ3n) is 4.79. The summed E-state index contributed by atoms with van der Waals surface area (Å²) in [4.78, 5) is 19.4. The average molecular weight is 411 g/mol. The predicted molar refractivity (Wildman–Crippen MR) is 116 cm³/mol. The zero-order chi connectivity index (χ0) is 19.7. The van der Waals surface area contributed by atoms with Crippen molar-refractivity contribution in [1.82, 2.24) is 19.3 Å². The Morgan fingerprint density at radius 3 is 2.68 bits per heavy atom. The van der Waals surface area contributed by atoms with Crippen molar-refractivity contribution >= 4 is 34.1 Å². The van der Waals surface area contributed by atoms with Crippen LogP contribution in [0.5, 0.6) is 0 Å². The Morgan fingerprint density at radius 2 is 1.96 bits per heavy atom. The monoisotopic (exact) mass is 410 g/mol. The first-order chi connectivity index (χ1) is 13.6. The lowest BCUT2D eigenvalue weighted by molar-refractivity contribution is 0.640. The fraction of sp³-hybridized carbons (Fsp3) is 0.286. The van der Waals surface area contributed by atoms with E-state index in [9.17, 15) is 4.79 Å². The first kappa shape index (κ1) is 19.0. The van der Waals surface area contributed by atoms with Crippen LogP contribution in [0.2, 0.25) is 0 Å². The van der Waals surface area contributed by atoms with Gasteiger partial charge < -0.3 is 0 Å². The average Bonchev–Trinajstić information content (AvgIpc) is 3.31. The molecular weight excluding hydrogens is 388 g/mol. The van der Waals surface area contributed by atoms with Crippen molar-refractivity contribution in [3.63, 3.8) is 0 Å². The minimum Gasteiger partial charge on any atom is -0.280 e. The summed E-state index contributed by atoms with van der Waals surface area (Å²) in [5, 5.41) is 7.29. The topological polar surface area (TPSA) is 52.7 Å². The Labute approximate surface area is 172 Å². The Morgan fingerprint density at radius 1 is 1.14 bits per heavy atom. The van der Waals surface area contributed by atoms with Crippen molar-refractivity contribution in [3.8, 4) is 0 Å². The van der Waals surface area contributed by atoms with Gasteiger partial charge in [-0.25, -0.2) is 4.98 Å². The summed E-state index contributed by atoms with van der Waals surface area (Å²) in [7, 11) is 0. The van der Waals surface area contributed by atoms with Crippen LogP contribution in [0.3, 0.4) is 0 Å². The molecule has 28 heavy (non-hydrogen) atoms. The SMILES string of the molecule is CCn1nc(C)c2nc(SCc3ccccc3C)n(Cc3cccs3)c(=O)c21. The van der Waals surface area contributed by atoms with Crippen LogP contribution >= 0.6 is 23.1 Å². The lowest BCUT2D eigenvalue weighted by atomic mass is 10.1. The van der Waals surface area contributed by atoms with Gasteiger partial charge in [0, 0.05) is 17.2 Å².